The fourth-order valence-corrected chi connectivity index (χ4v) is 3.62. The third-order valence-electron chi connectivity index (χ3n) is 4.24. The Bertz CT molecular complexity index is 1210. The van der Waals surface area contributed by atoms with Crippen LogP contribution in [0.15, 0.2) is 78.2 Å². The van der Waals surface area contributed by atoms with Gasteiger partial charge in [0.15, 0.2) is 5.78 Å². The fourth-order valence-electron chi connectivity index (χ4n) is 2.74. The number of halogens is 1. The Hall–Kier alpha value is -3.92. The van der Waals surface area contributed by atoms with Crippen LogP contribution in [-0.2, 0) is 0 Å². The van der Waals surface area contributed by atoms with Gasteiger partial charge < -0.3 is 5.32 Å². The van der Waals surface area contributed by atoms with Gasteiger partial charge in [-0.3, -0.25) is 9.59 Å². The minimum atomic E-state index is -0.406. The van der Waals surface area contributed by atoms with Gasteiger partial charge in [-0.15, -0.1) is 5.10 Å². The van der Waals surface area contributed by atoms with Gasteiger partial charge in [0.1, 0.15) is 17.2 Å². The first-order chi connectivity index (χ1) is 15.1. The van der Waals surface area contributed by atoms with Crippen molar-refractivity contribution in [3.8, 4) is 5.69 Å². The van der Waals surface area contributed by atoms with Gasteiger partial charge in [0.2, 0.25) is 0 Å². The number of amides is 1. The number of carbonyl (C=O) groups is 2. The lowest BCUT2D eigenvalue weighted by Gasteiger charge is -2.10. The van der Waals surface area contributed by atoms with Crippen molar-refractivity contribution in [1.29, 1.82) is 0 Å². The van der Waals surface area contributed by atoms with E-state index in [0.29, 0.717) is 27.5 Å². The summed E-state index contributed by atoms with van der Waals surface area (Å²) in [5.41, 5.74) is 1.98. The van der Waals surface area contributed by atoms with Crippen molar-refractivity contribution in [1.82, 2.24) is 25.2 Å². The van der Waals surface area contributed by atoms with E-state index in [-0.39, 0.29) is 17.4 Å². The molecule has 0 atom stereocenters. The summed E-state index contributed by atoms with van der Waals surface area (Å²) in [4.78, 5) is 29.4. The molecule has 2 aromatic heterocycles. The summed E-state index contributed by atoms with van der Waals surface area (Å²) in [7, 11) is 0. The Morgan fingerprint density at radius 1 is 1.06 bits per heavy atom. The Balaban J connectivity index is 1.46. The zero-order valence-corrected chi connectivity index (χ0v) is 16.8. The average molecular weight is 434 g/mol. The first-order valence-electron chi connectivity index (χ1n) is 9.11. The second-order valence-electron chi connectivity index (χ2n) is 6.33. The molecule has 2 heterocycles. The fraction of sp³-hybridized carbons (Fsp3) is 0.0476. The monoisotopic (exact) mass is 434 g/mol. The van der Waals surface area contributed by atoms with Gasteiger partial charge in [0, 0.05) is 17.4 Å². The van der Waals surface area contributed by atoms with Crippen LogP contribution < -0.4 is 5.32 Å². The van der Waals surface area contributed by atoms with Gasteiger partial charge in [0.05, 0.1) is 17.0 Å². The molecule has 0 radical (unpaired) electrons. The van der Waals surface area contributed by atoms with Crippen LogP contribution in [0.2, 0.25) is 0 Å². The van der Waals surface area contributed by atoms with Crippen LogP contribution in [0.25, 0.3) is 5.69 Å². The van der Waals surface area contributed by atoms with E-state index >= 15 is 0 Å². The molecular formula is C21H15FN6O2S. The second kappa shape index (κ2) is 9.26. The molecule has 0 fully saturated rings. The smallest absolute Gasteiger partial charge is 0.258 e. The van der Waals surface area contributed by atoms with E-state index in [1.165, 1.54) is 35.3 Å². The molecule has 0 aliphatic carbocycles. The molecule has 0 saturated heterocycles. The van der Waals surface area contributed by atoms with Gasteiger partial charge in [-0.25, -0.2) is 14.1 Å². The number of nitrogens with one attached hydrogen (secondary N) is 1. The maximum Gasteiger partial charge on any atom is 0.258 e. The lowest BCUT2D eigenvalue weighted by molar-refractivity contribution is 0.101. The highest BCUT2D eigenvalue weighted by molar-refractivity contribution is 8.00. The van der Waals surface area contributed by atoms with Crippen LogP contribution in [-0.4, -0.2) is 42.6 Å². The van der Waals surface area contributed by atoms with E-state index in [4.69, 9.17) is 0 Å². The SMILES string of the molecule is O=C(CSc1ncccc1C(=O)Nc1cccc(-n2cnnn2)c1)c1ccc(F)cc1. The molecule has 0 bridgehead atoms. The van der Waals surface area contributed by atoms with Crippen molar-refractivity contribution in [3.63, 3.8) is 0 Å². The van der Waals surface area contributed by atoms with Gasteiger partial charge in [0.25, 0.3) is 5.91 Å². The highest BCUT2D eigenvalue weighted by Crippen LogP contribution is 2.23. The van der Waals surface area contributed by atoms with Gasteiger partial charge in [-0.1, -0.05) is 17.8 Å². The number of ketones is 1. The first-order valence-corrected chi connectivity index (χ1v) is 10.1. The summed E-state index contributed by atoms with van der Waals surface area (Å²) >= 11 is 1.15. The number of carbonyl (C=O) groups excluding carboxylic acids is 2. The molecule has 1 N–H and O–H groups in total. The largest absolute Gasteiger partial charge is 0.322 e. The number of hydrogen-bond acceptors (Lipinski definition) is 7. The summed E-state index contributed by atoms with van der Waals surface area (Å²) in [6.07, 6.45) is 3.01. The molecule has 31 heavy (non-hydrogen) atoms. The Morgan fingerprint density at radius 2 is 1.90 bits per heavy atom. The number of anilines is 1. The van der Waals surface area contributed by atoms with Crippen LogP contribution in [0.4, 0.5) is 10.1 Å². The molecule has 0 aliphatic heterocycles. The van der Waals surface area contributed by atoms with E-state index in [1.807, 2.05) is 0 Å². The van der Waals surface area contributed by atoms with E-state index in [2.05, 4.69) is 25.8 Å². The highest BCUT2D eigenvalue weighted by Gasteiger charge is 2.15. The molecule has 0 aliphatic rings. The number of aromatic nitrogens is 5. The van der Waals surface area contributed by atoms with Crippen LogP contribution in [0, 0.1) is 5.82 Å². The first kappa shape index (κ1) is 20.4. The molecule has 1 amide bonds. The summed E-state index contributed by atoms with van der Waals surface area (Å²) in [6, 6.07) is 15.7. The number of benzene rings is 2. The second-order valence-corrected chi connectivity index (χ2v) is 7.30. The zero-order chi connectivity index (χ0) is 21.6. The molecule has 2 aromatic carbocycles. The standard InChI is InChI=1S/C21H15FN6O2S/c22-15-8-6-14(7-9-15)19(29)12-31-21-18(5-2-10-23-21)20(30)25-16-3-1-4-17(11-16)28-13-24-26-27-28/h1-11,13H,12H2,(H,25,30). The predicted molar refractivity (Wildman–Crippen MR) is 113 cm³/mol. The number of thioether (sulfide) groups is 1. The van der Waals surface area contributed by atoms with Crippen molar-refractivity contribution in [2.75, 3.05) is 11.1 Å². The van der Waals surface area contributed by atoms with Gasteiger partial charge in [-0.2, -0.15) is 0 Å². The van der Waals surface area contributed by atoms with Crippen LogP contribution in [0.5, 0.6) is 0 Å². The Kier molecular flexibility index (Phi) is 6.08. The van der Waals surface area contributed by atoms with Crippen molar-refractivity contribution < 1.29 is 14.0 Å². The molecule has 0 unspecified atom stereocenters. The van der Waals surface area contributed by atoms with E-state index in [9.17, 15) is 14.0 Å². The summed E-state index contributed by atoms with van der Waals surface area (Å²) in [5, 5.41) is 14.3. The van der Waals surface area contributed by atoms with E-state index < -0.39 is 5.82 Å². The lowest BCUT2D eigenvalue weighted by atomic mass is 10.1. The summed E-state index contributed by atoms with van der Waals surface area (Å²) < 4.78 is 14.5. The third kappa shape index (κ3) is 4.98. The number of nitrogens with zero attached hydrogens (tertiary/aromatic N) is 5. The number of hydrogen-bond donors (Lipinski definition) is 1. The molecule has 4 rings (SSSR count). The number of Topliss-reactive ketones (excluding diaryl/α,β-unsaturated/α-hetero) is 1. The summed E-state index contributed by atoms with van der Waals surface area (Å²) in [5.74, 6) is -0.885. The summed E-state index contributed by atoms with van der Waals surface area (Å²) in [6.45, 7) is 0. The topological polar surface area (TPSA) is 103 Å². The number of rotatable bonds is 7. The number of pyridine rings is 1. The number of tetrazole rings is 1. The van der Waals surface area contributed by atoms with E-state index in [1.54, 1.807) is 42.6 Å². The third-order valence-corrected chi connectivity index (χ3v) is 5.24. The van der Waals surface area contributed by atoms with Crippen molar-refractivity contribution in [2.24, 2.45) is 0 Å². The molecule has 4 aromatic rings. The minimum Gasteiger partial charge on any atom is -0.322 e. The maximum atomic E-state index is 13.0. The molecule has 154 valence electrons. The van der Waals surface area contributed by atoms with Crippen molar-refractivity contribution in [2.45, 2.75) is 5.03 Å². The van der Waals surface area contributed by atoms with Crippen molar-refractivity contribution in [3.05, 3.63) is 90.1 Å². The van der Waals surface area contributed by atoms with E-state index in [0.717, 1.165) is 11.8 Å². The van der Waals surface area contributed by atoms with Crippen LogP contribution >= 0.6 is 11.8 Å². The predicted octanol–water partition coefficient (Wildman–Crippen LogP) is 3.42. The minimum absolute atomic E-state index is 0.0672. The molecule has 0 spiro atoms. The normalized spacial score (nSPS) is 10.6. The Morgan fingerprint density at radius 3 is 2.68 bits per heavy atom. The molecule has 10 heteroatoms. The maximum absolute atomic E-state index is 13.0. The van der Waals surface area contributed by atoms with Crippen molar-refractivity contribution >= 4 is 29.1 Å². The quantitative estimate of drug-likeness (QED) is 0.351. The molecular weight excluding hydrogens is 419 g/mol. The Labute approximate surface area is 180 Å². The van der Waals surface area contributed by atoms with Crippen LogP contribution in [0.3, 0.4) is 0 Å². The highest BCUT2D eigenvalue weighted by atomic mass is 32.2. The zero-order valence-electron chi connectivity index (χ0n) is 16.0. The lowest BCUT2D eigenvalue weighted by Crippen LogP contribution is -2.14. The van der Waals surface area contributed by atoms with Gasteiger partial charge >= 0.3 is 0 Å². The van der Waals surface area contributed by atoms with Gasteiger partial charge in [-0.05, 0) is 65.0 Å². The molecule has 0 saturated carbocycles. The van der Waals surface area contributed by atoms with Crippen LogP contribution in [0.1, 0.15) is 20.7 Å². The average Bonchev–Trinajstić information content (AvgIpc) is 3.33. The molecule has 8 nitrogen and oxygen atoms in total.